The van der Waals surface area contributed by atoms with E-state index < -0.39 is 25.4 Å². The highest BCUT2D eigenvalue weighted by atomic mass is 19.4. The fraction of sp³-hybridized carbons (Fsp3) is 1.00. The van der Waals surface area contributed by atoms with Crippen molar-refractivity contribution in [3.05, 3.63) is 0 Å². The topological polar surface area (TPSA) is 18.5 Å². The van der Waals surface area contributed by atoms with Crippen LogP contribution in [0.4, 0.5) is 17.6 Å². The third-order valence-electron chi connectivity index (χ3n) is 1.01. The van der Waals surface area contributed by atoms with Gasteiger partial charge < -0.3 is 9.47 Å². The van der Waals surface area contributed by atoms with Gasteiger partial charge in [-0.05, 0) is 0 Å². The lowest BCUT2D eigenvalue weighted by atomic mass is 10.4. The molecule has 10 heavy (non-hydrogen) atoms. The molecule has 0 N–H and O–H groups in total. The molecular weight excluding hydrogens is 156 g/mol. The van der Waals surface area contributed by atoms with E-state index in [0.29, 0.717) is 0 Å². The van der Waals surface area contributed by atoms with Gasteiger partial charge in [-0.25, -0.2) is 0 Å². The first-order chi connectivity index (χ1) is 4.50. The van der Waals surface area contributed by atoms with Crippen molar-refractivity contribution in [3.63, 3.8) is 0 Å². The van der Waals surface area contributed by atoms with Crippen LogP contribution in [0.3, 0.4) is 0 Å². The Morgan fingerprint density at radius 3 is 2.10 bits per heavy atom. The van der Waals surface area contributed by atoms with Crippen LogP contribution in [-0.2, 0) is 9.47 Å². The van der Waals surface area contributed by atoms with Crippen molar-refractivity contribution in [1.29, 1.82) is 0 Å². The summed E-state index contributed by atoms with van der Waals surface area (Å²) in [6.07, 6.45) is -6.64. The minimum absolute atomic E-state index is 0.759. The normalized spacial score (nSPS) is 34.8. The van der Waals surface area contributed by atoms with E-state index in [2.05, 4.69) is 9.47 Å². The first-order valence-corrected chi connectivity index (χ1v) is 2.48. The van der Waals surface area contributed by atoms with E-state index in [9.17, 15) is 17.6 Å². The average Bonchev–Trinajstić information content (AvgIpc) is 2.11. The molecule has 2 atom stereocenters. The molecule has 1 rings (SSSR count). The average molecular weight is 160 g/mol. The zero-order valence-electron chi connectivity index (χ0n) is 4.69. The lowest BCUT2D eigenvalue weighted by molar-refractivity contribution is -0.233. The molecule has 1 aliphatic heterocycles. The molecule has 0 bridgehead atoms. The molecule has 2 nitrogen and oxygen atoms in total. The Kier molecular flexibility index (Phi) is 1.82. The van der Waals surface area contributed by atoms with Crippen molar-refractivity contribution < 1.29 is 27.0 Å². The third-order valence-corrected chi connectivity index (χ3v) is 1.01. The SMILES string of the molecule is FC1OCC(C(F)(F)F)O1. The number of halogens is 4. The second-order valence-electron chi connectivity index (χ2n) is 1.77. The van der Waals surface area contributed by atoms with E-state index >= 15 is 0 Å². The van der Waals surface area contributed by atoms with Crippen LogP contribution in [0.1, 0.15) is 0 Å². The Morgan fingerprint density at radius 1 is 1.30 bits per heavy atom. The van der Waals surface area contributed by atoms with E-state index in [1.807, 2.05) is 0 Å². The van der Waals surface area contributed by atoms with E-state index in [4.69, 9.17) is 0 Å². The maximum Gasteiger partial charge on any atom is 0.417 e. The molecule has 0 aromatic heterocycles. The number of hydrogen-bond donors (Lipinski definition) is 0. The summed E-state index contributed by atoms with van der Waals surface area (Å²) in [6.45, 7) is -2.99. The van der Waals surface area contributed by atoms with Gasteiger partial charge in [-0.2, -0.15) is 17.6 Å². The van der Waals surface area contributed by atoms with Gasteiger partial charge in [0, 0.05) is 0 Å². The first kappa shape index (κ1) is 7.74. The summed E-state index contributed by atoms with van der Waals surface area (Å²) in [6, 6.07) is 0. The zero-order valence-corrected chi connectivity index (χ0v) is 4.69. The van der Waals surface area contributed by atoms with E-state index in [-0.39, 0.29) is 0 Å². The van der Waals surface area contributed by atoms with Crippen molar-refractivity contribution >= 4 is 0 Å². The van der Waals surface area contributed by atoms with Gasteiger partial charge in [-0.1, -0.05) is 0 Å². The minimum Gasteiger partial charge on any atom is -0.323 e. The van der Waals surface area contributed by atoms with Crippen molar-refractivity contribution in [3.8, 4) is 0 Å². The summed E-state index contributed by atoms with van der Waals surface area (Å²) in [4.78, 5) is 0. The van der Waals surface area contributed by atoms with Gasteiger partial charge in [-0.3, -0.25) is 0 Å². The Balaban J connectivity index is 2.45. The highest BCUT2D eigenvalue weighted by Crippen LogP contribution is 2.28. The summed E-state index contributed by atoms with van der Waals surface area (Å²) in [5.74, 6) is 0. The van der Waals surface area contributed by atoms with Crippen LogP contribution in [-0.4, -0.2) is 25.4 Å². The fourth-order valence-corrected chi connectivity index (χ4v) is 0.542. The summed E-state index contributed by atoms with van der Waals surface area (Å²) in [5.41, 5.74) is 0. The van der Waals surface area contributed by atoms with Crippen molar-refractivity contribution in [1.82, 2.24) is 0 Å². The molecule has 60 valence electrons. The molecule has 0 radical (unpaired) electrons. The Labute approximate surface area is 53.7 Å². The van der Waals surface area contributed by atoms with Gasteiger partial charge in [0.1, 0.15) is 0 Å². The Bertz CT molecular complexity index is 123. The monoisotopic (exact) mass is 160 g/mol. The highest BCUT2D eigenvalue weighted by Gasteiger charge is 2.46. The van der Waals surface area contributed by atoms with Gasteiger partial charge in [0.2, 0.25) is 0 Å². The molecule has 0 amide bonds. The molecule has 1 saturated heterocycles. The first-order valence-electron chi connectivity index (χ1n) is 2.48. The van der Waals surface area contributed by atoms with Crippen LogP contribution in [0, 0.1) is 0 Å². The largest absolute Gasteiger partial charge is 0.417 e. The minimum atomic E-state index is -4.53. The second-order valence-corrected chi connectivity index (χ2v) is 1.77. The Morgan fingerprint density at radius 2 is 1.90 bits per heavy atom. The van der Waals surface area contributed by atoms with Gasteiger partial charge in [-0.15, -0.1) is 0 Å². The molecule has 0 aromatic carbocycles. The van der Waals surface area contributed by atoms with Crippen LogP contribution >= 0.6 is 0 Å². The molecule has 1 fully saturated rings. The molecule has 0 spiro atoms. The van der Waals surface area contributed by atoms with Gasteiger partial charge >= 0.3 is 12.7 Å². The quantitative estimate of drug-likeness (QED) is 0.496. The highest BCUT2D eigenvalue weighted by molar-refractivity contribution is 4.69. The molecule has 0 aliphatic carbocycles. The van der Waals surface area contributed by atoms with Gasteiger partial charge in [0.25, 0.3) is 0 Å². The molecule has 6 heteroatoms. The number of rotatable bonds is 0. The van der Waals surface area contributed by atoms with Crippen LogP contribution in [0.2, 0.25) is 0 Å². The number of alkyl halides is 4. The van der Waals surface area contributed by atoms with Crippen LogP contribution in [0.25, 0.3) is 0 Å². The molecular formula is C4H4F4O2. The van der Waals surface area contributed by atoms with Crippen molar-refractivity contribution in [2.75, 3.05) is 6.61 Å². The number of hydrogen-bond acceptors (Lipinski definition) is 2. The molecule has 0 aromatic rings. The van der Waals surface area contributed by atoms with Crippen LogP contribution in [0.5, 0.6) is 0 Å². The molecule has 1 heterocycles. The smallest absolute Gasteiger partial charge is 0.323 e. The summed E-state index contributed by atoms with van der Waals surface area (Å²) in [5, 5.41) is 0. The summed E-state index contributed by atoms with van der Waals surface area (Å²) in [7, 11) is 0. The summed E-state index contributed by atoms with van der Waals surface area (Å²) < 4.78 is 54.0. The van der Waals surface area contributed by atoms with E-state index in [1.54, 1.807) is 0 Å². The third kappa shape index (κ3) is 1.57. The van der Waals surface area contributed by atoms with E-state index in [0.717, 1.165) is 0 Å². The summed E-state index contributed by atoms with van der Waals surface area (Å²) >= 11 is 0. The van der Waals surface area contributed by atoms with Crippen LogP contribution < -0.4 is 0 Å². The van der Waals surface area contributed by atoms with Crippen molar-refractivity contribution in [2.45, 2.75) is 18.8 Å². The standard InChI is InChI=1S/C4H4F4O2/c5-3-9-1-2(10-3)4(6,7)8/h2-3H,1H2. The Hall–Kier alpha value is -0.360. The zero-order chi connectivity index (χ0) is 7.78. The predicted molar refractivity (Wildman–Crippen MR) is 21.8 cm³/mol. The van der Waals surface area contributed by atoms with E-state index in [1.165, 1.54) is 0 Å². The lowest BCUT2D eigenvalue weighted by Gasteiger charge is -2.10. The van der Waals surface area contributed by atoms with Gasteiger partial charge in [0.15, 0.2) is 6.10 Å². The maximum absolute atomic E-state index is 11.8. The second kappa shape index (κ2) is 2.35. The lowest BCUT2D eigenvalue weighted by Crippen LogP contribution is -2.30. The fourth-order valence-electron chi connectivity index (χ4n) is 0.542. The maximum atomic E-state index is 11.8. The predicted octanol–water partition coefficient (Wildman–Crippen LogP) is 1.22. The van der Waals surface area contributed by atoms with Gasteiger partial charge in [0.05, 0.1) is 6.61 Å². The molecule has 0 saturated carbocycles. The molecule has 1 aliphatic rings. The molecule has 2 unspecified atom stereocenters. The van der Waals surface area contributed by atoms with Crippen LogP contribution in [0.15, 0.2) is 0 Å². The number of ether oxygens (including phenoxy) is 2. The van der Waals surface area contributed by atoms with Crippen molar-refractivity contribution in [2.24, 2.45) is 0 Å².